The molecule has 0 amide bonds. The third-order valence-corrected chi connectivity index (χ3v) is 11.5. The molecule has 1 unspecified atom stereocenters. The second-order valence-corrected chi connectivity index (χ2v) is 17.4. The van der Waals surface area contributed by atoms with Gasteiger partial charge in [-0.1, -0.05) is 219 Å². The number of rotatable bonds is 45. The fourth-order valence-electron chi connectivity index (χ4n) is 6.99. The van der Waals surface area contributed by atoms with Crippen molar-refractivity contribution in [3.63, 3.8) is 0 Å². The van der Waals surface area contributed by atoms with E-state index in [4.69, 9.17) is 24.3 Å². The number of nitrogens with two attached hydrogens (primary N) is 1. The van der Waals surface area contributed by atoms with Crippen LogP contribution >= 0.6 is 7.82 Å². The van der Waals surface area contributed by atoms with Crippen LogP contribution < -0.4 is 5.73 Å². The maximum absolute atomic E-state index is 12.6. The van der Waals surface area contributed by atoms with Gasteiger partial charge >= 0.3 is 19.8 Å². The van der Waals surface area contributed by atoms with Crippen LogP contribution in [0.4, 0.5) is 0 Å². The molecule has 0 saturated carbocycles. The molecule has 0 aromatic carbocycles. The molecule has 0 saturated heterocycles. The first kappa shape index (κ1) is 54.0. The zero-order valence-electron chi connectivity index (χ0n) is 36.2. The highest BCUT2D eigenvalue weighted by Crippen LogP contribution is 2.43. The van der Waals surface area contributed by atoms with Crippen molar-refractivity contribution >= 4 is 19.8 Å². The number of phosphoric acid groups is 1. The minimum atomic E-state index is -4.37. The van der Waals surface area contributed by atoms with E-state index in [-0.39, 0.29) is 38.6 Å². The molecule has 0 aromatic rings. The normalized spacial score (nSPS) is 13.2. The summed E-state index contributed by atoms with van der Waals surface area (Å²) < 4.78 is 32.8. The third-order valence-electron chi connectivity index (χ3n) is 10.5. The highest BCUT2D eigenvalue weighted by Gasteiger charge is 2.26. The first-order chi connectivity index (χ1) is 26.8. The fourth-order valence-corrected chi connectivity index (χ4v) is 7.76. The molecule has 0 aliphatic rings. The lowest BCUT2D eigenvalue weighted by Crippen LogP contribution is -2.29. The molecule has 328 valence electrons. The summed E-state index contributed by atoms with van der Waals surface area (Å²) in [5.41, 5.74) is 5.35. The summed E-state index contributed by atoms with van der Waals surface area (Å²) in [5.74, 6) is -0.811. The van der Waals surface area contributed by atoms with Crippen LogP contribution in [0.5, 0.6) is 0 Å². The molecule has 0 heterocycles. The molecule has 0 bridgehead atoms. The molecule has 0 aliphatic carbocycles. The lowest BCUT2D eigenvalue weighted by Gasteiger charge is -2.19. The molecule has 0 rings (SSSR count). The lowest BCUT2D eigenvalue weighted by atomic mass is 10.0. The number of phosphoric ester groups is 1. The van der Waals surface area contributed by atoms with E-state index in [9.17, 15) is 19.0 Å². The predicted molar refractivity (Wildman–Crippen MR) is 229 cm³/mol. The number of unbranched alkanes of at least 4 members (excludes halogenated alkanes) is 32. The zero-order valence-corrected chi connectivity index (χ0v) is 37.1. The summed E-state index contributed by atoms with van der Waals surface area (Å²) in [5, 5.41) is 0. The van der Waals surface area contributed by atoms with Crippen molar-refractivity contribution in [2.24, 2.45) is 5.73 Å². The number of hydrogen-bond acceptors (Lipinski definition) is 8. The van der Waals surface area contributed by atoms with Crippen molar-refractivity contribution < 1.29 is 37.6 Å². The van der Waals surface area contributed by atoms with Gasteiger partial charge in [0.05, 0.1) is 13.2 Å². The zero-order chi connectivity index (χ0) is 40.3. The summed E-state index contributed by atoms with van der Waals surface area (Å²) in [6.45, 7) is 3.78. The van der Waals surface area contributed by atoms with Crippen LogP contribution in [-0.4, -0.2) is 49.3 Å². The van der Waals surface area contributed by atoms with Gasteiger partial charge in [0.25, 0.3) is 0 Å². The van der Waals surface area contributed by atoms with Crippen molar-refractivity contribution in [2.45, 2.75) is 251 Å². The Morgan fingerprint density at radius 1 is 0.473 bits per heavy atom. The Kier molecular flexibility index (Phi) is 41.8. The molecule has 0 spiro atoms. The van der Waals surface area contributed by atoms with Crippen LogP contribution in [-0.2, 0) is 32.7 Å². The summed E-state index contributed by atoms with van der Waals surface area (Å²) in [7, 11) is -4.37. The van der Waals surface area contributed by atoms with Crippen LogP contribution in [0, 0.1) is 0 Å². The maximum atomic E-state index is 12.6. The van der Waals surface area contributed by atoms with Gasteiger partial charge in [-0.25, -0.2) is 4.57 Å². The molecule has 0 aliphatic heterocycles. The summed E-state index contributed by atoms with van der Waals surface area (Å²) in [6, 6.07) is 0. The van der Waals surface area contributed by atoms with Gasteiger partial charge in [-0.05, 0) is 12.8 Å². The van der Waals surface area contributed by atoms with E-state index in [1.807, 2.05) is 0 Å². The Morgan fingerprint density at radius 3 is 1.11 bits per heavy atom. The van der Waals surface area contributed by atoms with Crippen LogP contribution in [0.3, 0.4) is 0 Å². The van der Waals surface area contributed by atoms with Gasteiger partial charge in [-0.2, -0.15) is 0 Å². The molecule has 9 nitrogen and oxygen atoms in total. The fraction of sp³-hybridized carbons (Fsp3) is 0.956. The summed E-state index contributed by atoms with van der Waals surface area (Å²) in [6.07, 6.45) is 42.8. The van der Waals surface area contributed by atoms with Gasteiger partial charge in [-0.3, -0.25) is 18.6 Å². The van der Waals surface area contributed by atoms with E-state index in [2.05, 4.69) is 13.8 Å². The summed E-state index contributed by atoms with van der Waals surface area (Å²) in [4.78, 5) is 34.9. The smallest absolute Gasteiger partial charge is 0.462 e. The van der Waals surface area contributed by atoms with Gasteiger partial charge in [0.1, 0.15) is 6.61 Å². The number of carbonyl (C=O) groups is 2. The van der Waals surface area contributed by atoms with Gasteiger partial charge in [-0.15, -0.1) is 0 Å². The van der Waals surface area contributed by atoms with E-state index in [0.717, 1.165) is 32.1 Å². The van der Waals surface area contributed by atoms with Crippen LogP contribution in [0.25, 0.3) is 0 Å². The van der Waals surface area contributed by atoms with Crippen molar-refractivity contribution in [2.75, 3.05) is 26.4 Å². The third kappa shape index (κ3) is 42.4. The number of hydrogen-bond donors (Lipinski definition) is 2. The highest BCUT2D eigenvalue weighted by molar-refractivity contribution is 7.47. The van der Waals surface area contributed by atoms with Gasteiger partial charge < -0.3 is 20.1 Å². The quantitative estimate of drug-likeness (QED) is 0.0350. The SMILES string of the molecule is CCCCCCCCCCCCCCCCCCCCCCCC(=O)OC[C@@H](COP(=O)(O)OCCN)OC(=O)CCCCCCCCCCCCCCC. The molecule has 3 N–H and O–H groups in total. The van der Waals surface area contributed by atoms with Crippen LogP contribution in [0.15, 0.2) is 0 Å². The molecule has 0 radical (unpaired) electrons. The molecule has 2 atom stereocenters. The Labute approximate surface area is 339 Å². The maximum Gasteiger partial charge on any atom is 0.472 e. The van der Waals surface area contributed by atoms with E-state index in [0.29, 0.717) is 6.42 Å². The first-order valence-corrected chi connectivity index (χ1v) is 25.0. The summed E-state index contributed by atoms with van der Waals surface area (Å²) >= 11 is 0. The van der Waals surface area contributed by atoms with Crippen LogP contribution in [0.1, 0.15) is 245 Å². The standard InChI is InChI=1S/C45H90NO8P/c1-3-5-7-9-11-13-15-17-18-19-20-21-22-23-24-26-27-29-31-33-35-37-44(47)51-41-43(42-53-55(49,50)52-40-39-46)54-45(48)38-36-34-32-30-28-25-16-14-12-10-8-6-4-2/h43H,3-42,46H2,1-2H3,(H,49,50)/t43-/m0/s1. The van der Waals surface area contributed by atoms with Gasteiger partial charge in [0.15, 0.2) is 6.10 Å². The average molecular weight is 804 g/mol. The Balaban J connectivity index is 4.00. The van der Waals surface area contributed by atoms with Crippen molar-refractivity contribution in [1.82, 2.24) is 0 Å². The minimum Gasteiger partial charge on any atom is -0.462 e. The number of ether oxygens (including phenoxy) is 2. The van der Waals surface area contributed by atoms with Gasteiger partial charge in [0.2, 0.25) is 0 Å². The molecule has 55 heavy (non-hydrogen) atoms. The molecular formula is C45H90NO8P. The lowest BCUT2D eigenvalue weighted by molar-refractivity contribution is -0.161. The van der Waals surface area contributed by atoms with E-state index in [1.54, 1.807) is 0 Å². The highest BCUT2D eigenvalue weighted by atomic mass is 31.2. The van der Waals surface area contributed by atoms with E-state index >= 15 is 0 Å². The predicted octanol–water partition coefficient (Wildman–Crippen LogP) is 13.6. The van der Waals surface area contributed by atoms with Crippen molar-refractivity contribution in [3.8, 4) is 0 Å². The molecule has 0 aromatic heterocycles. The van der Waals surface area contributed by atoms with Crippen molar-refractivity contribution in [1.29, 1.82) is 0 Å². The second-order valence-electron chi connectivity index (χ2n) is 16.0. The second kappa shape index (κ2) is 42.6. The van der Waals surface area contributed by atoms with Gasteiger partial charge in [0, 0.05) is 19.4 Å². The van der Waals surface area contributed by atoms with Crippen molar-refractivity contribution in [3.05, 3.63) is 0 Å². The Morgan fingerprint density at radius 2 is 0.782 bits per heavy atom. The largest absolute Gasteiger partial charge is 0.472 e. The topological polar surface area (TPSA) is 134 Å². The first-order valence-electron chi connectivity index (χ1n) is 23.5. The van der Waals surface area contributed by atoms with E-state index < -0.39 is 26.5 Å². The molecule has 0 fully saturated rings. The minimum absolute atomic E-state index is 0.0581. The monoisotopic (exact) mass is 804 g/mol. The Bertz CT molecular complexity index is 876. The van der Waals surface area contributed by atoms with E-state index in [1.165, 1.54) is 180 Å². The molecular weight excluding hydrogens is 713 g/mol. The Hall–Kier alpha value is -0.990. The number of carbonyl (C=O) groups excluding carboxylic acids is 2. The molecule has 10 heteroatoms. The average Bonchev–Trinajstić information content (AvgIpc) is 3.17. The number of esters is 2. The van der Waals surface area contributed by atoms with Crippen LogP contribution in [0.2, 0.25) is 0 Å².